The summed E-state index contributed by atoms with van der Waals surface area (Å²) in [4.78, 5) is 20.5. The Bertz CT molecular complexity index is 383. The van der Waals surface area contributed by atoms with Crippen molar-refractivity contribution >= 4 is 42.1 Å². The van der Waals surface area contributed by atoms with Gasteiger partial charge in [-0.25, -0.2) is 4.98 Å². The van der Waals surface area contributed by atoms with Crippen molar-refractivity contribution < 1.29 is 4.79 Å². The molecular formula is C12H22Cl2N4OS. The Balaban J connectivity index is 0.00000180. The van der Waals surface area contributed by atoms with Crippen molar-refractivity contribution in [1.29, 1.82) is 0 Å². The van der Waals surface area contributed by atoms with Crippen LogP contribution in [0.25, 0.3) is 0 Å². The zero-order valence-electron chi connectivity index (χ0n) is 11.5. The second-order valence-electron chi connectivity index (χ2n) is 4.72. The van der Waals surface area contributed by atoms with Gasteiger partial charge in [0, 0.05) is 50.6 Å². The Morgan fingerprint density at radius 1 is 1.40 bits per heavy atom. The molecule has 1 aromatic heterocycles. The van der Waals surface area contributed by atoms with Gasteiger partial charge in [0.15, 0.2) is 0 Å². The highest BCUT2D eigenvalue weighted by atomic mass is 35.5. The predicted octanol–water partition coefficient (Wildman–Crippen LogP) is 1.23. The Morgan fingerprint density at radius 2 is 2.05 bits per heavy atom. The molecule has 0 aromatic carbocycles. The van der Waals surface area contributed by atoms with Crippen LogP contribution in [0.3, 0.4) is 0 Å². The summed E-state index contributed by atoms with van der Waals surface area (Å²) in [5.74, 6) is 0.126. The summed E-state index contributed by atoms with van der Waals surface area (Å²) in [6, 6.07) is 0. The van der Waals surface area contributed by atoms with Crippen molar-refractivity contribution in [3.05, 3.63) is 16.6 Å². The van der Waals surface area contributed by atoms with Gasteiger partial charge in [-0.15, -0.1) is 36.2 Å². The number of nitrogens with zero attached hydrogens (tertiary/aromatic N) is 3. The van der Waals surface area contributed by atoms with Gasteiger partial charge < -0.3 is 10.6 Å². The maximum absolute atomic E-state index is 12.0. The zero-order valence-corrected chi connectivity index (χ0v) is 14.0. The van der Waals surface area contributed by atoms with Gasteiger partial charge in [-0.1, -0.05) is 6.92 Å². The number of carbonyl (C=O) groups excluding carboxylic acids is 1. The van der Waals surface area contributed by atoms with Crippen LogP contribution in [0, 0.1) is 5.92 Å². The first-order valence-corrected chi connectivity index (χ1v) is 7.23. The van der Waals surface area contributed by atoms with E-state index >= 15 is 0 Å². The number of hydrogen-bond acceptors (Lipinski definition) is 5. The zero-order chi connectivity index (χ0) is 13.0. The second kappa shape index (κ2) is 9.52. The predicted molar refractivity (Wildman–Crippen MR) is 86.7 cm³/mol. The molecule has 5 nitrogen and oxygen atoms in total. The van der Waals surface area contributed by atoms with Crippen molar-refractivity contribution in [1.82, 2.24) is 14.8 Å². The molecule has 0 bridgehead atoms. The molecule has 1 aliphatic rings. The van der Waals surface area contributed by atoms with E-state index in [0.717, 1.165) is 38.4 Å². The molecule has 2 heterocycles. The van der Waals surface area contributed by atoms with Crippen LogP contribution in [0.1, 0.15) is 12.6 Å². The molecule has 1 aliphatic heterocycles. The van der Waals surface area contributed by atoms with E-state index in [-0.39, 0.29) is 36.6 Å². The van der Waals surface area contributed by atoms with Gasteiger partial charge >= 0.3 is 0 Å². The van der Waals surface area contributed by atoms with Gasteiger partial charge in [-0.3, -0.25) is 9.69 Å². The molecule has 20 heavy (non-hydrogen) atoms. The third-order valence-corrected chi connectivity index (χ3v) is 3.96. The molecule has 1 amide bonds. The Morgan fingerprint density at radius 3 is 2.55 bits per heavy atom. The fourth-order valence-electron chi connectivity index (χ4n) is 2.08. The minimum absolute atomic E-state index is 0. The molecule has 8 heteroatoms. The number of piperazine rings is 1. The molecule has 1 atom stereocenters. The van der Waals surface area contributed by atoms with E-state index in [1.807, 2.05) is 17.3 Å². The number of nitrogens with two attached hydrogens (primary N) is 1. The van der Waals surface area contributed by atoms with Gasteiger partial charge in [-0.2, -0.15) is 0 Å². The van der Waals surface area contributed by atoms with Crippen molar-refractivity contribution in [3.8, 4) is 0 Å². The fourth-order valence-corrected chi connectivity index (χ4v) is 2.63. The summed E-state index contributed by atoms with van der Waals surface area (Å²) < 4.78 is 0. The number of halogens is 2. The van der Waals surface area contributed by atoms with Gasteiger partial charge in [0.05, 0.1) is 11.2 Å². The molecule has 0 saturated carbocycles. The van der Waals surface area contributed by atoms with Crippen LogP contribution in [0.4, 0.5) is 0 Å². The van der Waals surface area contributed by atoms with Crippen LogP contribution >= 0.6 is 36.2 Å². The van der Waals surface area contributed by atoms with E-state index in [9.17, 15) is 4.79 Å². The lowest BCUT2D eigenvalue weighted by Gasteiger charge is -2.35. The summed E-state index contributed by atoms with van der Waals surface area (Å²) in [6.45, 7) is 6.64. The van der Waals surface area contributed by atoms with Crippen molar-refractivity contribution in [2.75, 3.05) is 32.7 Å². The van der Waals surface area contributed by atoms with E-state index in [4.69, 9.17) is 5.73 Å². The largest absolute Gasteiger partial charge is 0.340 e. The lowest BCUT2D eigenvalue weighted by atomic mass is 10.1. The molecule has 1 fully saturated rings. The molecule has 2 rings (SSSR count). The molecule has 2 N–H and O–H groups in total. The van der Waals surface area contributed by atoms with Gasteiger partial charge in [0.25, 0.3) is 0 Å². The monoisotopic (exact) mass is 340 g/mol. The Kier molecular flexibility index (Phi) is 9.33. The maximum Gasteiger partial charge on any atom is 0.226 e. The first-order chi connectivity index (χ1) is 8.70. The summed E-state index contributed by atoms with van der Waals surface area (Å²) in [5.41, 5.74) is 8.51. The van der Waals surface area contributed by atoms with Gasteiger partial charge in [0.1, 0.15) is 0 Å². The van der Waals surface area contributed by atoms with E-state index in [1.165, 1.54) is 0 Å². The van der Waals surface area contributed by atoms with Crippen LogP contribution in [-0.2, 0) is 11.3 Å². The quantitative estimate of drug-likeness (QED) is 0.895. The number of rotatable bonds is 4. The van der Waals surface area contributed by atoms with Gasteiger partial charge in [0.2, 0.25) is 5.91 Å². The molecule has 1 aromatic rings. The average Bonchev–Trinajstić information content (AvgIpc) is 2.91. The molecule has 116 valence electrons. The van der Waals surface area contributed by atoms with Crippen LogP contribution < -0.4 is 5.73 Å². The average molecular weight is 341 g/mol. The first kappa shape index (κ1) is 19.6. The van der Waals surface area contributed by atoms with Crippen LogP contribution in [0.5, 0.6) is 0 Å². The molecule has 0 aliphatic carbocycles. The highest BCUT2D eigenvalue weighted by Crippen LogP contribution is 2.10. The maximum atomic E-state index is 12.0. The summed E-state index contributed by atoms with van der Waals surface area (Å²) in [6.07, 6.45) is 0. The lowest BCUT2D eigenvalue weighted by molar-refractivity contribution is -0.136. The summed E-state index contributed by atoms with van der Waals surface area (Å²) >= 11 is 1.62. The molecule has 1 unspecified atom stereocenters. The van der Waals surface area contributed by atoms with E-state index in [2.05, 4.69) is 15.3 Å². The minimum atomic E-state index is -0.0601. The molecular weight excluding hydrogens is 319 g/mol. The highest BCUT2D eigenvalue weighted by molar-refractivity contribution is 7.07. The normalized spacial score (nSPS) is 17.0. The highest BCUT2D eigenvalue weighted by Gasteiger charge is 2.24. The fraction of sp³-hybridized carbons (Fsp3) is 0.667. The van der Waals surface area contributed by atoms with E-state index in [0.29, 0.717) is 6.54 Å². The second-order valence-corrected chi connectivity index (χ2v) is 5.44. The minimum Gasteiger partial charge on any atom is -0.340 e. The SMILES string of the molecule is CC(CN)C(=O)N1CCN(Cc2cscn2)CC1.Cl.Cl. The van der Waals surface area contributed by atoms with E-state index in [1.54, 1.807) is 11.3 Å². The summed E-state index contributed by atoms with van der Waals surface area (Å²) in [5, 5.41) is 2.08. The van der Waals surface area contributed by atoms with E-state index < -0.39 is 0 Å². The topological polar surface area (TPSA) is 62.5 Å². The third-order valence-electron chi connectivity index (χ3n) is 3.33. The van der Waals surface area contributed by atoms with Gasteiger partial charge in [-0.05, 0) is 0 Å². The van der Waals surface area contributed by atoms with Crippen molar-refractivity contribution in [2.24, 2.45) is 11.7 Å². The van der Waals surface area contributed by atoms with Crippen LogP contribution in [0.2, 0.25) is 0 Å². The van der Waals surface area contributed by atoms with Crippen molar-refractivity contribution in [3.63, 3.8) is 0 Å². The Hall–Kier alpha value is -0.400. The van der Waals surface area contributed by atoms with Crippen LogP contribution in [-0.4, -0.2) is 53.4 Å². The molecule has 1 saturated heterocycles. The molecule has 0 spiro atoms. The standard InChI is InChI=1S/C12H20N4OS.2ClH/c1-10(6-13)12(17)16-4-2-15(3-5-16)7-11-8-18-9-14-11;;/h8-10H,2-7,13H2,1H3;2*1H. The summed E-state index contributed by atoms with van der Waals surface area (Å²) in [7, 11) is 0. The Labute approximate surface area is 136 Å². The molecule has 0 radical (unpaired) electrons. The van der Waals surface area contributed by atoms with Crippen LogP contribution in [0.15, 0.2) is 10.9 Å². The number of hydrogen-bond donors (Lipinski definition) is 1. The smallest absolute Gasteiger partial charge is 0.226 e. The number of thiazole rings is 1. The number of amides is 1. The lowest BCUT2D eigenvalue weighted by Crippen LogP contribution is -2.50. The number of aromatic nitrogens is 1. The third kappa shape index (κ3) is 5.18. The van der Waals surface area contributed by atoms with Crippen molar-refractivity contribution in [2.45, 2.75) is 13.5 Å². The first-order valence-electron chi connectivity index (χ1n) is 6.29. The number of carbonyl (C=O) groups is 1.